The lowest BCUT2D eigenvalue weighted by molar-refractivity contribution is -0.152. The van der Waals surface area contributed by atoms with E-state index in [4.69, 9.17) is 9.47 Å². The highest BCUT2D eigenvalue weighted by Crippen LogP contribution is 2.25. The van der Waals surface area contributed by atoms with E-state index in [1.165, 1.54) is 28.8 Å². The highest BCUT2D eigenvalue weighted by molar-refractivity contribution is 5.98. The minimum atomic E-state index is -0.991. The van der Waals surface area contributed by atoms with Crippen LogP contribution in [0.5, 0.6) is 5.75 Å². The standard InChI is InChI=1S/C40H57N5O8.C4H10/c1-25(2)34-39(50)45-20-9-10-33(45)40(51)53-23-19-26(3)11-12-27(4)36(47)44-21-17-30(18-22-44)35(46)41-32(24-29-13-15-31(52-8)16-14-29)38(49)42(6)28(5)37(48)43(34)7;1-4(2)3/h10,13-16,25,27-28,30,32,34H,3,9,11-12,17-24H2,1-2,4-8H3,(H,41,46);4H,1-3H3/t27-,28?,32?,34?;/m1./s1. The van der Waals surface area contributed by atoms with Crippen molar-refractivity contribution in [2.75, 3.05) is 47.4 Å². The van der Waals surface area contributed by atoms with E-state index in [-0.39, 0.29) is 48.9 Å². The minimum Gasteiger partial charge on any atom is -0.497 e. The third-order valence-corrected chi connectivity index (χ3v) is 10.8. The van der Waals surface area contributed by atoms with Crippen molar-refractivity contribution >= 4 is 35.5 Å². The summed E-state index contributed by atoms with van der Waals surface area (Å²) < 4.78 is 10.9. The smallest absolute Gasteiger partial charge is 0.354 e. The van der Waals surface area contributed by atoms with Crippen LogP contribution in [0.25, 0.3) is 0 Å². The molecule has 0 aromatic heterocycles. The van der Waals surface area contributed by atoms with E-state index >= 15 is 0 Å². The molecule has 0 saturated carbocycles. The summed E-state index contributed by atoms with van der Waals surface area (Å²) in [6, 6.07) is 4.30. The summed E-state index contributed by atoms with van der Waals surface area (Å²) in [5, 5.41) is 2.98. The fourth-order valence-corrected chi connectivity index (χ4v) is 7.27. The van der Waals surface area contributed by atoms with Crippen LogP contribution in [0.2, 0.25) is 0 Å². The van der Waals surface area contributed by atoms with Crippen molar-refractivity contribution in [3.8, 4) is 5.75 Å². The zero-order valence-electron chi connectivity index (χ0n) is 36.0. The number of amides is 5. The van der Waals surface area contributed by atoms with E-state index < -0.39 is 47.7 Å². The molecule has 1 N–H and O–H groups in total. The maximum Gasteiger partial charge on any atom is 0.354 e. The van der Waals surface area contributed by atoms with Crippen LogP contribution in [0.4, 0.5) is 0 Å². The maximum absolute atomic E-state index is 14.2. The summed E-state index contributed by atoms with van der Waals surface area (Å²) in [6.45, 7) is 19.0. The molecule has 5 rings (SSSR count). The number of hydrogen-bond acceptors (Lipinski definition) is 8. The number of rotatable bonds is 4. The van der Waals surface area contributed by atoms with Crippen molar-refractivity contribution in [1.82, 2.24) is 24.9 Å². The molecule has 0 spiro atoms. The monoisotopic (exact) mass is 793 g/mol. The molecule has 13 heteroatoms. The number of carbonyl (C=O) groups excluding carboxylic acids is 6. The van der Waals surface area contributed by atoms with Crippen molar-refractivity contribution in [2.45, 2.75) is 112 Å². The molecule has 4 aliphatic heterocycles. The first-order valence-corrected chi connectivity index (χ1v) is 20.5. The minimum absolute atomic E-state index is 0.0176. The molecule has 1 aromatic carbocycles. The molecule has 2 bridgehead atoms. The Labute approximate surface area is 340 Å². The molecule has 3 fully saturated rings. The van der Waals surface area contributed by atoms with Crippen molar-refractivity contribution in [1.29, 1.82) is 0 Å². The van der Waals surface area contributed by atoms with Gasteiger partial charge in [-0.3, -0.25) is 24.0 Å². The van der Waals surface area contributed by atoms with Gasteiger partial charge in [0.05, 0.1) is 13.7 Å². The van der Waals surface area contributed by atoms with Crippen LogP contribution in [0.1, 0.15) is 92.6 Å². The molecule has 1 aromatic rings. The largest absolute Gasteiger partial charge is 0.497 e. The second-order valence-corrected chi connectivity index (χ2v) is 16.7. The Morgan fingerprint density at radius 2 is 1.44 bits per heavy atom. The third kappa shape index (κ3) is 12.9. The molecule has 3 unspecified atom stereocenters. The molecule has 4 heterocycles. The summed E-state index contributed by atoms with van der Waals surface area (Å²) in [7, 11) is 4.61. The molecule has 13 nitrogen and oxygen atoms in total. The zero-order chi connectivity index (χ0) is 42.6. The number of fused-ring (bicyclic) bond motifs is 19. The predicted molar refractivity (Wildman–Crippen MR) is 220 cm³/mol. The zero-order valence-corrected chi connectivity index (χ0v) is 36.0. The van der Waals surface area contributed by atoms with Crippen LogP contribution < -0.4 is 10.1 Å². The molecule has 57 heavy (non-hydrogen) atoms. The van der Waals surface area contributed by atoms with Gasteiger partial charge in [0.15, 0.2) is 0 Å². The fraction of sp³-hybridized carbons (Fsp3) is 0.636. The quantitative estimate of drug-likeness (QED) is 0.255. The predicted octanol–water partition coefficient (Wildman–Crippen LogP) is 4.99. The van der Waals surface area contributed by atoms with Gasteiger partial charge in [-0.2, -0.15) is 0 Å². The van der Waals surface area contributed by atoms with Crippen LogP contribution >= 0.6 is 0 Å². The Bertz CT molecular complexity index is 1610. The first-order valence-electron chi connectivity index (χ1n) is 20.5. The van der Waals surface area contributed by atoms with Crippen LogP contribution in [-0.4, -0.2) is 121 Å². The lowest BCUT2D eigenvalue weighted by Crippen LogP contribution is -2.58. The number of nitrogens with one attached hydrogen (secondary N) is 1. The summed E-state index contributed by atoms with van der Waals surface area (Å²) in [6.07, 6.45) is 4.81. The number of benzene rings is 1. The Morgan fingerprint density at radius 1 is 0.825 bits per heavy atom. The molecule has 316 valence electrons. The second kappa shape index (κ2) is 21.7. The van der Waals surface area contributed by atoms with Crippen LogP contribution in [0.15, 0.2) is 48.2 Å². The van der Waals surface area contributed by atoms with Crippen LogP contribution in [0.3, 0.4) is 0 Å². The molecule has 3 saturated heterocycles. The summed E-state index contributed by atoms with van der Waals surface area (Å²) >= 11 is 0. The van der Waals surface area contributed by atoms with Gasteiger partial charge < -0.3 is 34.4 Å². The molecular formula is C44H67N5O8. The van der Waals surface area contributed by atoms with Crippen molar-refractivity contribution < 1.29 is 38.2 Å². The van der Waals surface area contributed by atoms with Gasteiger partial charge in [0.1, 0.15) is 29.6 Å². The number of likely N-dealkylation sites (N-methyl/N-ethyl adjacent to an activating group) is 2. The van der Waals surface area contributed by atoms with Crippen LogP contribution in [0, 0.1) is 23.7 Å². The summed E-state index contributed by atoms with van der Waals surface area (Å²) in [4.78, 5) is 88.4. The van der Waals surface area contributed by atoms with E-state index in [0.29, 0.717) is 57.4 Å². The molecule has 5 amide bonds. The molecule has 0 radical (unpaired) electrons. The van der Waals surface area contributed by atoms with Gasteiger partial charge in [0, 0.05) is 58.4 Å². The number of carbonyl (C=O) groups is 6. The highest BCUT2D eigenvalue weighted by Gasteiger charge is 2.41. The number of piperidine rings is 1. The highest BCUT2D eigenvalue weighted by atomic mass is 16.5. The van der Waals surface area contributed by atoms with Crippen molar-refractivity contribution in [3.63, 3.8) is 0 Å². The number of hydrogen-bond donors (Lipinski definition) is 1. The molecule has 0 aliphatic carbocycles. The third-order valence-electron chi connectivity index (χ3n) is 10.8. The van der Waals surface area contributed by atoms with E-state index in [0.717, 1.165) is 17.1 Å². The van der Waals surface area contributed by atoms with E-state index in [9.17, 15) is 28.8 Å². The Balaban J connectivity index is 0.00000207. The SMILES string of the molecule is C=C1CCOC(=O)C2=CCCN2C(=O)C(C(C)C)N(C)C(=O)C(C)N(C)C(=O)C(Cc2ccc(OC)cc2)NC(=O)C2CCN(CC2)C(=O)[C@H](C)CC1.CC(C)C. The van der Waals surface area contributed by atoms with Gasteiger partial charge in [0.2, 0.25) is 29.5 Å². The second-order valence-electron chi connectivity index (χ2n) is 16.7. The number of nitrogens with zero attached hydrogens (tertiary/aromatic N) is 4. The first kappa shape index (κ1) is 46.7. The number of esters is 1. The normalized spacial score (nSPS) is 25.4. The molecule has 4 atom stereocenters. The maximum atomic E-state index is 14.2. The van der Waals surface area contributed by atoms with Gasteiger partial charge in [-0.25, -0.2) is 4.79 Å². The van der Waals surface area contributed by atoms with Crippen molar-refractivity contribution in [3.05, 3.63) is 53.8 Å². The summed E-state index contributed by atoms with van der Waals surface area (Å²) in [5.74, 6) is -1.72. The van der Waals surface area contributed by atoms with Gasteiger partial charge in [-0.15, -0.1) is 0 Å². The van der Waals surface area contributed by atoms with Gasteiger partial charge in [-0.1, -0.05) is 71.9 Å². The van der Waals surface area contributed by atoms with E-state index in [1.807, 2.05) is 32.9 Å². The first-order chi connectivity index (χ1) is 26.9. The van der Waals surface area contributed by atoms with Gasteiger partial charge >= 0.3 is 5.97 Å². The fourth-order valence-electron chi connectivity index (χ4n) is 7.27. The Hall–Kier alpha value is -4.68. The van der Waals surface area contributed by atoms with Crippen molar-refractivity contribution in [2.24, 2.45) is 23.7 Å². The number of methoxy groups -OCH3 is 1. The molecule has 4 aliphatic rings. The van der Waals surface area contributed by atoms with Gasteiger partial charge in [-0.05, 0) is 68.6 Å². The summed E-state index contributed by atoms with van der Waals surface area (Å²) in [5.41, 5.74) is 1.77. The molecular weight excluding hydrogens is 727 g/mol. The topological polar surface area (TPSA) is 146 Å². The lowest BCUT2D eigenvalue weighted by atomic mass is 9.93. The average Bonchev–Trinajstić information content (AvgIpc) is 3.68. The Kier molecular flexibility index (Phi) is 17.8. The van der Waals surface area contributed by atoms with Crippen LogP contribution in [-0.2, 0) is 39.9 Å². The number of ether oxygens (including phenoxy) is 2. The average molecular weight is 794 g/mol. The van der Waals surface area contributed by atoms with E-state index in [2.05, 4.69) is 32.7 Å². The lowest BCUT2D eigenvalue weighted by Gasteiger charge is -2.37. The van der Waals surface area contributed by atoms with Gasteiger partial charge in [0.25, 0.3) is 0 Å². The van der Waals surface area contributed by atoms with E-state index in [1.54, 1.807) is 37.1 Å². The Morgan fingerprint density at radius 3 is 2.02 bits per heavy atom.